The number of aliphatic hydroxyl groups excluding tert-OH is 1. The average molecular weight is 356 g/mol. The third-order valence-corrected chi connectivity index (χ3v) is 5.12. The van der Waals surface area contributed by atoms with Gasteiger partial charge in [0.25, 0.3) is 0 Å². The number of hydrogen-bond acceptors (Lipinski definition) is 3. The fraction of sp³-hybridized carbons (Fsp3) is 0.545. The maximum atomic E-state index is 11.2. The number of allylic oxidation sites excluding steroid dienone is 1. The van der Waals surface area contributed by atoms with Gasteiger partial charge < -0.3 is 5.11 Å². The summed E-state index contributed by atoms with van der Waals surface area (Å²) in [6.45, 7) is 10.1. The number of hydrogen-bond donors (Lipinski definition) is 1. The zero-order chi connectivity index (χ0) is 19.0. The Labute approximate surface area is 158 Å². The van der Waals surface area contributed by atoms with Crippen molar-refractivity contribution in [3.8, 4) is 0 Å². The topological polar surface area (TPSA) is 50.9 Å². The first-order valence-corrected chi connectivity index (χ1v) is 9.58. The van der Waals surface area contributed by atoms with Crippen molar-refractivity contribution < 1.29 is 5.11 Å². The molecule has 0 bridgehead atoms. The van der Waals surface area contributed by atoms with Crippen molar-refractivity contribution in [1.29, 1.82) is 0 Å². The second-order valence-electron chi connectivity index (χ2n) is 8.25. The zero-order valence-corrected chi connectivity index (χ0v) is 16.4. The maximum Gasteiger partial charge on any atom is 0.137 e. The molecule has 0 spiro atoms. The summed E-state index contributed by atoms with van der Waals surface area (Å²) in [7, 11) is 0. The van der Waals surface area contributed by atoms with Gasteiger partial charge in [-0.25, -0.2) is 9.67 Å². The minimum Gasteiger partial charge on any atom is -0.390 e. The van der Waals surface area contributed by atoms with Crippen molar-refractivity contribution in [2.75, 3.05) is 0 Å². The lowest BCUT2D eigenvalue weighted by atomic mass is 9.72. The van der Waals surface area contributed by atoms with Crippen LogP contribution in [-0.2, 0) is 12.0 Å². The van der Waals surface area contributed by atoms with Crippen LogP contribution in [0.4, 0.5) is 0 Å². The molecule has 0 radical (unpaired) electrons. The molecule has 142 valence electrons. The van der Waals surface area contributed by atoms with Crippen LogP contribution in [0.2, 0.25) is 0 Å². The Kier molecular flexibility index (Phi) is 7.15. The summed E-state index contributed by atoms with van der Waals surface area (Å²) in [4.78, 5) is 4.13. The van der Waals surface area contributed by atoms with E-state index in [2.05, 4.69) is 67.8 Å². The molecule has 1 heterocycles. The Morgan fingerprint density at radius 3 is 2.46 bits per heavy atom. The van der Waals surface area contributed by atoms with Crippen LogP contribution in [0.25, 0.3) is 0 Å². The molecule has 0 saturated heterocycles. The van der Waals surface area contributed by atoms with Gasteiger partial charge in [-0.05, 0) is 36.7 Å². The first-order chi connectivity index (χ1) is 12.4. The number of benzene rings is 1. The normalized spacial score (nSPS) is 15.4. The van der Waals surface area contributed by atoms with E-state index in [4.69, 9.17) is 0 Å². The van der Waals surface area contributed by atoms with E-state index in [1.165, 1.54) is 5.56 Å². The van der Waals surface area contributed by atoms with Gasteiger partial charge in [0.05, 0.1) is 11.6 Å². The molecule has 4 nitrogen and oxygen atoms in total. The van der Waals surface area contributed by atoms with E-state index in [1.807, 2.05) is 10.8 Å². The lowest BCUT2D eigenvalue weighted by Crippen LogP contribution is -2.51. The van der Waals surface area contributed by atoms with Gasteiger partial charge in [0.1, 0.15) is 12.7 Å². The molecule has 4 heteroatoms. The van der Waals surface area contributed by atoms with E-state index in [0.717, 1.165) is 32.1 Å². The molecule has 1 aromatic heterocycles. The molecule has 2 atom stereocenters. The van der Waals surface area contributed by atoms with Crippen molar-refractivity contribution in [3.63, 3.8) is 0 Å². The highest BCUT2D eigenvalue weighted by atomic mass is 16.3. The lowest BCUT2D eigenvalue weighted by Gasteiger charge is -2.43. The third-order valence-electron chi connectivity index (χ3n) is 5.12. The smallest absolute Gasteiger partial charge is 0.137 e. The molecule has 26 heavy (non-hydrogen) atoms. The molecular weight excluding hydrogens is 322 g/mol. The summed E-state index contributed by atoms with van der Waals surface area (Å²) in [5.41, 5.74) is 0.637. The molecule has 0 aliphatic heterocycles. The van der Waals surface area contributed by atoms with Gasteiger partial charge >= 0.3 is 0 Å². The molecule has 0 amide bonds. The Morgan fingerprint density at radius 2 is 1.88 bits per heavy atom. The van der Waals surface area contributed by atoms with Crippen molar-refractivity contribution >= 4 is 0 Å². The summed E-state index contributed by atoms with van der Waals surface area (Å²) in [5.74, 6) is 0. The van der Waals surface area contributed by atoms with Crippen LogP contribution in [0.15, 0.2) is 55.6 Å². The Morgan fingerprint density at radius 1 is 1.15 bits per heavy atom. The summed E-state index contributed by atoms with van der Waals surface area (Å²) in [6.07, 6.45) is 10.6. The van der Waals surface area contributed by atoms with Gasteiger partial charge in [-0.3, -0.25) is 0 Å². The molecule has 0 aliphatic carbocycles. The maximum absolute atomic E-state index is 11.2. The van der Waals surface area contributed by atoms with Crippen LogP contribution in [-0.4, -0.2) is 26.0 Å². The number of aryl methyl sites for hydroxylation is 1. The second-order valence-corrected chi connectivity index (χ2v) is 8.25. The number of nitrogens with zero attached hydrogens (tertiary/aromatic N) is 3. The van der Waals surface area contributed by atoms with Crippen LogP contribution in [0, 0.1) is 5.41 Å². The van der Waals surface area contributed by atoms with E-state index >= 15 is 0 Å². The van der Waals surface area contributed by atoms with Crippen molar-refractivity contribution in [2.24, 2.45) is 5.41 Å². The minimum atomic E-state index is -0.538. The van der Waals surface area contributed by atoms with Crippen LogP contribution >= 0.6 is 0 Å². The molecule has 2 unspecified atom stereocenters. The fourth-order valence-electron chi connectivity index (χ4n) is 3.76. The molecule has 0 saturated carbocycles. The van der Waals surface area contributed by atoms with Gasteiger partial charge in [0.15, 0.2) is 0 Å². The molecule has 1 N–H and O–H groups in total. The van der Waals surface area contributed by atoms with E-state index < -0.39 is 11.6 Å². The van der Waals surface area contributed by atoms with Gasteiger partial charge in [0, 0.05) is 0 Å². The Balaban J connectivity index is 2.05. The molecule has 0 aliphatic rings. The molecule has 2 aromatic rings. The standard InChI is InChI=1S/C22H33N3O/c1-5-15-22(20(26)21(2,3)4,25-18-23-17-24-25)16-11-7-10-14-19-12-8-6-9-13-19/h5-6,8-9,12-13,17-18,20,26H,1,7,10-11,14-16H2,2-4H3. The van der Waals surface area contributed by atoms with E-state index in [1.54, 1.807) is 12.7 Å². The molecule has 0 fully saturated rings. The summed E-state index contributed by atoms with van der Waals surface area (Å²) >= 11 is 0. The predicted octanol–water partition coefficient (Wildman–Crippen LogP) is 4.76. The van der Waals surface area contributed by atoms with Gasteiger partial charge in [-0.15, -0.1) is 6.58 Å². The number of unbranched alkanes of at least 4 members (excludes halogenated alkanes) is 2. The van der Waals surface area contributed by atoms with Crippen LogP contribution in [0.3, 0.4) is 0 Å². The minimum absolute atomic E-state index is 0.251. The third kappa shape index (κ3) is 5.04. The van der Waals surface area contributed by atoms with Crippen molar-refractivity contribution in [2.45, 2.75) is 70.9 Å². The second kappa shape index (κ2) is 9.13. The first kappa shape index (κ1) is 20.4. The highest BCUT2D eigenvalue weighted by Crippen LogP contribution is 2.39. The summed E-state index contributed by atoms with van der Waals surface area (Å²) in [5, 5.41) is 15.6. The van der Waals surface area contributed by atoms with Crippen LogP contribution < -0.4 is 0 Å². The average Bonchev–Trinajstić information content (AvgIpc) is 3.15. The molecule has 1 aromatic carbocycles. The molecular formula is C22H33N3O. The Bertz CT molecular complexity index is 646. The van der Waals surface area contributed by atoms with E-state index in [0.29, 0.717) is 6.42 Å². The highest BCUT2D eigenvalue weighted by Gasteiger charge is 2.44. The summed E-state index contributed by atoms with van der Waals surface area (Å²) < 4.78 is 1.85. The van der Waals surface area contributed by atoms with Gasteiger partial charge in [0.2, 0.25) is 0 Å². The van der Waals surface area contributed by atoms with Crippen molar-refractivity contribution in [3.05, 3.63) is 61.2 Å². The fourth-order valence-corrected chi connectivity index (χ4v) is 3.76. The predicted molar refractivity (Wildman–Crippen MR) is 107 cm³/mol. The van der Waals surface area contributed by atoms with Gasteiger partial charge in [-0.1, -0.05) is 70.0 Å². The van der Waals surface area contributed by atoms with Crippen LogP contribution in [0.1, 0.15) is 58.4 Å². The number of aliphatic hydroxyl groups is 1. The lowest BCUT2D eigenvalue weighted by molar-refractivity contribution is -0.0532. The number of aromatic nitrogens is 3. The van der Waals surface area contributed by atoms with Crippen LogP contribution in [0.5, 0.6) is 0 Å². The van der Waals surface area contributed by atoms with E-state index in [9.17, 15) is 5.11 Å². The monoisotopic (exact) mass is 355 g/mol. The van der Waals surface area contributed by atoms with Gasteiger partial charge in [-0.2, -0.15) is 5.10 Å². The van der Waals surface area contributed by atoms with E-state index in [-0.39, 0.29) is 5.41 Å². The zero-order valence-electron chi connectivity index (χ0n) is 16.4. The quantitative estimate of drug-likeness (QED) is 0.494. The largest absolute Gasteiger partial charge is 0.390 e. The highest BCUT2D eigenvalue weighted by molar-refractivity contribution is 5.14. The first-order valence-electron chi connectivity index (χ1n) is 9.58. The Hall–Kier alpha value is -1.94. The SMILES string of the molecule is C=CCC(CCCCCc1ccccc1)(C(O)C(C)(C)C)n1cncn1. The molecule has 2 rings (SSSR count). The number of rotatable bonds is 10. The van der Waals surface area contributed by atoms with Crippen molar-refractivity contribution in [1.82, 2.24) is 14.8 Å². The summed E-state index contributed by atoms with van der Waals surface area (Å²) in [6, 6.07) is 10.6.